The summed E-state index contributed by atoms with van der Waals surface area (Å²) in [5.74, 6) is 0.304. The molecule has 0 saturated carbocycles. The third-order valence-electron chi connectivity index (χ3n) is 5.08. The summed E-state index contributed by atoms with van der Waals surface area (Å²) < 4.78 is 0. The summed E-state index contributed by atoms with van der Waals surface area (Å²) >= 11 is 0. The Kier molecular flexibility index (Phi) is 4.21. The molecule has 0 aromatic carbocycles. The Bertz CT molecular complexity index is 620. The minimum absolute atomic E-state index is 0.0795. The van der Waals surface area contributed by atoms with Crippen molar-refractivity contribution in [2.75, 3.05) is 38.1 Å². The van der Waals surface area contributed by atoms with Gasteiger partial charge in [0.2, 0.25) is 5.91 Å². The molecule has 7 heteroatoms. The van der Waals surface area contributed by atoms with Crippen LogP contribution in [0, 0.1) is 0 Å². The van der Waals surface area contributed by atoms with E-state index < -0.39 is 5.91 Å². The maximum Gasteiger partial charge on any atom is 0.252 e. The third-order valence-corrected chi connectivity index (χ3v) is 5.08. The van der Waals surface area contributed by atoms with Crippen LogP contribution in [0.1, 0.15) is 29.6 Å². The molecule has 23 heavy (non-hydrogen) atoms. The first-order valence-electron chi connectivity index (χ1n) is 7.99. The van der Waals surface area contributed by atoms with Crippen LogP contribution in [-0.2, 0) is 4.79 Å². The van der Waals surface area contributed by atoms with Gasteiger partial charge in [0.1, 0.15) is 5.82 Å². The summed E-state index contributed by atoms with van der Waals surface area (Å²) in [6.45, 7) is 3.08. The van der Waals surface area contributed by atoms with E-state index in [0.29, 0.717) is 24.3 Å². The number of nitrogens with two attached hydrogens (primary N) is 1. The Hall–Kier alpha value is -2.15. The van der Waals surface area contributed by atoms with Crippen molar-refractivity contribution in [2.24, 2.45) is 5.73 Å². The van der Waals surface area contributed by atoms with Gasteiger partial charge in [-0.25, -0.2) is 4.98 Å². The molecule has 2 saturated heterocycles. The predicted molar refractivity (Wildman–Crippen MR) is 87.2 cm³/mol. The summed E-state index contributed by atoms with van der Waals surface area (Å²) in [6.07, 6.45) is 3.92. The second kappa shape index (κ2) is 6.16. The quantitative estimate of drug-likeness (QED) is 0.799. The standard InChI is InChI=1S/C16H23N5O2/c1-20-9-10-21(15-12(14(17)23)3-2-7-19-15)11-16(20)5-4-13(22)18-8-6-16/h2-3,7H,4-6,8-11H2,1H3,(H2,17,23)(H,18,22)/t16-/m0/s1. The van der Waals surface area contributed by atoms with Crippen LogP contribution in [0.4, 0.5) is 5.82 Å². The summed E-state index contributed by atoms with van der Waals surface area (Å²) in [7, 11) is 2.11. The van der Waals surface area contributed by atoms with Crippen LogP contribution < -0.4 is 16.0 Å². The molecule has 0 aliphatic carbocycles. The zero-order chi connectivity index (χ0) is 16.4. The number of nitrogens with zero attached hydrogens (tertiary/aromatic N) is 3. The number of hydrogen-bond acceptors (Lipinski definition) is 5. The summed E-state index contributed by atoms with van der Waals surface area (Å²) in [5, 5.41) is 2.95. The van der Waals surface area contributed by atoms with E-state index in [2.05, 4.69) is 27.1 Å². The number of likely N-dealkylation sites (N-methyl/N-ethyl adjacent to an activating group) is 1. The molecule has 124 valence electrons. The Balaban J connectivity index is 1.89. The van der Waals surface area contributed by atoms with Crippen molar-refractivity contribution in [2.45, 2.75) is 24.8 Å². The number of anilines is 1. The highest BCUT2D eigenvalue weighted by Gasteiger charge is 2.41. The fraction of sp³-hybridized carbons (Fsp3) is 0.562. The number of pyridine rings is 1. The molecule has 1 spiro atoms. The SMILES string of the molecule is CN1CCN(c2ncccc2C(N)=O)C[C@]12CCNC(=O)CC2. The monoisotopic (exact) mass is 317 g/mol. The lowest BCUT2D eigenvalue weighted by molar-refractivity contribution is -0.120. The predicted octanol–water partition coefficient (Wildman–Crippen LogP) is -0.0288. The number of hydrogen-bond donors (Lipinski definition) is 2. The molecule has 0 radical (unpaired) electrons. The fourth-order valence-electron chi connectivity index (χ4n) is 3.62. The molecule has 3 N–H and O–H groups in total. The van der Waals surface area contributed by atoms with E-state index in [1.165, 1.54) is 0 Å². The van der Waals surface area contributed by atoms with E-state index in [4.69, 9.17) is 5.73 Å². The average molecular weight is 317 g/mol. The van der Waals surface area contributed by atoms with Gasteiger partial charge in [-0.2, -0.15) is 0 Å². The average Bonchev–Trinajstić information content (AvgIpc) is 2.73. The molecule has 1 atom stereocenters. The van der Waals surface area contributed by atoms with Crippen molar-refractivity contribution in [3.05, 3.63) is 23.9 Å². The molecule has 1 aromatic rings. The molecule has 0 bridgehead atoms. The number of rotatable bonds is 2. The van der Waals surface area contributed by atoms with Crippen LogP contribution in [-0.4, -0.2) is 60.5 Å². The molecule has 3 rings (SSSR count). The zero-order valence-corrected chi connectivity index (χ0v) is 13.4. The van der Waals surface area contributed by atoms with E-state index >= 15 is 0 Å². The lowest BCUT2D eigenvalue weighted by Gasteiger charge is -2.49. The Labute approximate surface area is 135 Å². The highest BCUT2D eigenvalue weighted by atomic mass is 16.2. The smallest absolute Gasteiger partial charge is 0.252 e. The number of piperazine rings is 1. The van der Waals surface area contributed by atoms with E-state index in [9.17, 15) is 9.59 Å². The van der Waals surface area contributed by atoms with Crippen LogP contribution in [0.2, 0.25) is 0 Å². The molecule has 3 heterocycles. The first-order chi connectivity index (χ1) is 11.0. The van der Waals surface area contributed by atoms with Crippen LogP contribution >= 0.6 is 0 Å². The molecule has 2 aliphatic rings. The first-order valence-corrected chi connectivity index (χ1v) is 7.99. The van der Waals surface area contributed by atoms with Gasteiger partial charge in [0.15, 0.2) is 0 Å². The normalized spacial score (nSPS) is 26.0. The van der Waals surface area contributed by atoms with E-state index in [0.717, 1.165) is 32.5 Å². The molecule has 0 unspecified atom stereocenters. The molecule has 2 aliphatic heterocycles. The summed E-state index contributed by atoms with van der Waals surface area (Å²) in [5.41, 5.74) is 5.87. The van der Waals surface area contributed by atoms with Gasteiger partial charge in [0.05, 0.1) is 5.56 Å². The number of carbonyl (C=O) groups is 2. The van der Waals surface area contributed by atoms with Crippen LogP contribution in [0.25, 0.3) is 0 Å². The van der Waals surface area contributed by atoms with Crippen LogP contribution in [0.3, 0.4) is 0 Å². The summed E-state index contributed by atoms with van der Waals surface area (Å²) in [4.78, 5) is 32.2. The van der Waals surface area contributed by atoms with E-state index in [-0.39, 0.29) is 11.4 Å². The van der Waals surface area contributed by atoms with E-state index in [1.807, 2.05) is 0 Å². The lowest BCUT2D eigenvalue weighted by atomic mass is 9.86. The van der Waals surface area contributed by atoms with Crippen molar-refractivity contribution >= 4 is 17.6 Å². The van der Waals surface area contributed by atoms with Gasteiger partial charge >= 0.3 is 0 Å². The van der Waals surface area contributed by atoms with Crippen molar-refractivity contribution in [1.82, 2.24) is 15.2 Å². The first kappa shape index (κ1) is 15.7. The number of nitrogens with one attached hydrogen (secondary N) is 1. The number of carbonyl (C=O) groups excluding carboxylic acids is 2. The fourth-order valence-corrected chi connectivity index (χ4v) is 3.62. The minimum atomic E-state index is -0.459. The zero-order valence-electron chi connectivity index (χ0n) is 13.4. The molecule has 7 nitrogen and oxygen atoms in total. The number of primary amides is 1. The molecular weight excluding hydrogens is 294 g/mol. The second-order valence-electron chi connectivity index (χ2n) is 6.41. The molecule has 2 fully saturated rings. The molecule has 1 aromatic heterocycles. The van der Waals surface area contributed by atoms with Gasteiger partial charge in [-0.3, -0.25) is 14.5 Å². The van der Waals surface area contributed by atoms with Gasteiger partial charge in [0, 0.05) is 44.3 Å². The Morgan fingerprint density at radius 3 is 3.00 bits per heavy atom. The van der Waals surface area contributed by atoms with Crippen molar-refractivity contribution in [3.63, 3.8) is 0 Å². The van der Waals surface area contributed by atoms with Crippen molar-refractivity contribution in [1.29, 1.82) is 0 Å². The Morgan fingerprint density at radius 1 is 1.39 bits per heavy atom. The van der Waals surface area contributed by atoms with Crippen molar-refractivity contribution in [3.8, 4) is 0 Å². The van der Waals surface area contributed by atoms with Crippen LogP contribution in [0.15, 0.2) is 18.3 Å². The highest BCUT2D eigenvalue weighted by molar-refractivity contribution is 5.97. The summed E-state index contributed by atoms with van der Waals surface area (Å²) in [6, 6.07) is 3.44. The Morgan fingerprint density at radius 2 is 2.22 bits per heavy atom. The highest BCUT2D eigenvalue weighted by Crippen LogP contribution is 2.32. The maximum atomic E-state index is 11.7. The third kappa shape index (κ3) is 3.01. The maximum absolute atomic E-state index is 11.7. The van der Waals surface area contributed by atoms with Gasteiger partial charge in [-0.15, -0.1) is 0 Å². The van der Waals surface area contributed by atoms with Gasteiger partial charge in [-0.05, 0) is 32.0 Å². The van der Waals surface area contributed by atoms with Crippen molar-refractivity contribution < 1.29 is 9.59 Å². The van der Waals surface area contributed by atoms with Gasteiger partial charge < -0.3 is 16.0 Å². The second-order valence-corrected chi connectivity index (χ2v) is 6.41. The van der Waals surface area contributed by atoms with Crippen LogP contribution in [0.5, 0.6) is 0 Å². The minimum Gasteiger partial charge on any atom is -0.365 e. The topological polar surface area (TPSA) is 91.6 Å². The van der Waals surface area contributed by atoms with E-state index in [1.54, 1.807) is 18.3 Å². The number of aromatic nitrogens is 1. The largest absolute Gasteiger partial charge is 0.365 e. The molecule has 2 amide bonds. The van der Waals surface area contributed by atoms with Gasteiger partial charge in [0.25, 0.3) is 5.91 Å². The van der Waals surface area contributed by atoms with Gasteiger partial charge in [-0.1, -0.05) is 0 Å². The lowest BCUT2D eigenvalue weighted by Crippen LogP contribution is -2.61. The number of amides is 2. The molecular formula is C16H23N5O2.